The van der Waals surface area contributed by atoms with Crippen LogP contribution in [0.15, 0.2) is 60.8 Å². The molecule has 0 saturated heterocycles. The molecule has 1 N–H and O–H groups in total. The van der Waals surface area contributed by atoms with Gasteiger partial charge in [0.1, 0.15) is 0 Å². The largest absolute Gasteiger partial charge is 0.322 e. The number of hydrogen-bond donors (Lipinski definition) is 1. The van der Waals surface area contributed by atoms with Gasteiger partial charge in [-0.25, -0.2) is 4.68 Å². The highest BCUT2D eigenvalue weighted by Gasteiger charge is 2.07. The summed E-state index contributed by atoms with van der Waals surface area (Å²) in [7, 11) is 0. The van der Waals surface area contributed by atoms with Gasteiger partial charge in [-0.2, -0.15) is 10.4 Å². The molecule has 24 heavy (non-hydrogen) atoms. The molecule has 0 aliphatic rings. The Morgan fingerprint density at radius 3 is 2.42 bits per heavy atom. The SMILES string of the molecule is Cc1ccnn1-c1ccc(C(=O)Nc2ccc(CC#N)cc2)cc1. The first kappa shape index (κ1) is 15.5. The van der Waals surface area contributed by atoms with Gasteiger partial charge in [-0.3, -0.25) is 4.79 Å². The number of rotatable bonds is 4. The third kappa shape index (κ3) is 3.33. The molecular weight excluding hydrogens is 300 g/mol. The van der Waals surface area contributed by atoms with Crippen molar-refractivity contribution in [3.8, 4) is 11.8 Å². The molecule has 0 aliphatic carbocycles. The van der Waals surface area contributed by atoms with E-state index in [-0.39, 0.29) is 5.91 Å². The number of carbonyl (C=O) groups is 1. The quantitative estimate of drug-likeness (QED) is 0.801. The molecule has 118 valence electrons. The molecule has 1 aromatic heterocycles. The fourth-order valence-electron chi connectivity index (χ4n) is 2.39. The lowest BCUT2D eigenvalue weighted by atomic mass is 10.1. The van der Waals surface area contributed by atoms with Gasteiger partial charge < -0.3 is 5.32 Å². The Bertz CT molecular complexity index is 886. The number of aromatic nitrogens is 2. The minimum absolute atomic E-state index is 0.174. The number of nitrogens with one attached hydrogen (secondary N) is 1. The highest BCUT2D eigenvalue weighted by atomic mass is 16.1. The van der Waals surface area contributed by atoms with Gasteiger partial charge in [0, 0.05) is 23.1 Å². The van der Waals surface area contributed by atoms with Crippen molar-refractivity contribution < 1.29 is 4.79 Å². The first-order valence-electron chi connectivity index (χ1n) is 7.55. The van der Waals surface area contributed by atoms with Crippen LogP contribution in [-0.2, 0) is 6.42 Å². The molecule has 0 atom stereocenters. The van der Waals surface area contributed by atoms with Gasteiger partial charge in [-0.15, -0.1) is 0 Å². The number of nitrogens with zero attached hydrogens (tertiary/aromatic N) is 3. The normalized spacial score (nSPS) is 10.2. The summed E-state index contributed by atoms with van der Waals surface area (Å²) in [5.41, 5.74) is 4.15. The lowest BCUT2D eigenvalue weighted by molar-refractivity contribution is 0.102. The molecule has 5 nitrogen and oxygen atoms in total. The Morgan fingerprint density at radius 2 is 1.83 bits per heavy atom. The number of hydrogen-bond acceptors (Lipinski definition) is 3. The molecule has 3 aromatic rings. The fourth-order valence-corrected chi connectivity index (χ4v) is 2.39. The van der Waals surface area contributed by atoms with Crippen LogP contribution in [0.25, 0.3) is 5.69 Å². The number of nitriles is 1. The maximum Gasteiger partial charge on any atom is 0.255 e. The van der Waals surface area contributed by atoms with E-state index in [4.69, 9.17) is 5.26 Å². The summed E-state index contributed by atoms with van der Waals surface area (Å²) >= 11 is 0. The minimum Gasteiger partial charge on any atom is -0.322 e. The van der Waals surface area contributed by atoms with Crippen molar-refractivity contribution in [3.63, 3.8) is 0 Å². The molecular formula is C19H16N4O. The molecule has 0 fully saturated rings. The van der Waals surface area contributed by atoms with Crippen molar-refractivity contribution in [1.82, 2.24) is 9.78 Å². The zero-order valence-corrected chi connectivity index (χ0v) is 13.2. The second-order valence-corrected chi connectivity index (χ2v) is 5.42. The Labute approximate surface area is 140 Å². The Hall–Kier alpha value is -3.39. The van der Waals surface area contributed by atoms with Gasteiger partial charge in [-0.05, 0) is 55.0 Å². The predicted octanol–water partition coefficient (Wildman–Crippen LogP) is 3.50. The van der Waals surface area contributed by atoms with Crippen LogP contribution in [0.4, 0.5) is 5.69 Å². The Morgan fingerprint density at radius 1 is 1.12 bits per heavy atom. The van der Waals surface area contributed by atoms with Gasteiger partial charge in [0.25, 0.3) is 5.91 Å². The number of carbonyl (C=O) groups excluding carboxylic acids is 1. The van der Waals surface area contributed by atoms with Gasteiger partial charge in [0.05, 0.1) is 18.2 Å². The third-order valence-corrected chi connectivity index (χ3v) is 3.70. The van der Waals surface area contributed by atoms with Gasteiger partial charge in [0.15, 0.2) is 0 Å². The molecule has 0 aliphatic heterocycles. The second kappa shape index (κ2) is 6.80. The lowest BCUT2D eigenvalue weighted by Crippen LogP contribution is -2.12. The zero-order chi connectivity index (χ0) is 16.9. The molecule has 0 bridgehead atoms. The smallest absolute Gasteiger partial charge is 0.255 e. The lowest BCUT2D eigenvalue weighted by Gasteiger charge is -2.08. The predicted molar refractivity (Wildman–Crippen MR) is 92.0 cm³/mol. The first-order valence-corrected chi connectivity index (χ1v) is 7.55. The van der Waals surface area contributed by atoms with Crippen molar-refractivity contribution >= 4 is 11.6 Å². The maximum absolute atomic E-state index is 12.3. The van der Waals surface area contributed by atoms with Crippen LogP contribution in [-0.4, -0.2) is 15.7 Å². The standard InChI is InChI=1S/C19H16N4O/c1-14-11-13-21-23(14)18-8-4-16(5-9-18)19(24)22-17-6-2-15(3-7-17)10-12-20/h2-9,11,13H,10H2,1H3,(H,22,24). The summed E-state index contributed by atoms with van der Waals surface area (Å²) in [4.78, 5) is 12.3. The average Bonchev–Trinajstić information content (AvgIpc) is 3.03. The number of benzene rings is 2. The van der Waals surface area contributed by atoms with E-state index >= 15 is 0 Å². The molecule has 0 radical (unpaired) electrons. The highest BCUT2D eigenvalue weighted by molar-refractivity contribution is 6.04. The fraction of sp³-hybridized carbons (Fsp3) is 0.105. The topological polar surface area (TPSA) is 70.7 Å². The number of amides is 1. The first-order chi connectivity index (χ1) is 11.7. The average molecular weight is 316 g/mol. The monoisotopic (exact) mass is 316 g/mol. The van der Waals surface area contributed by atoms with E-state index in [0.29, 0.717) is 17.7 Å². The number of anilines is 1. The van der Waals surface area contributed by atoms with Crippen LogP contribution in [0.5, 0.6) is 0 Å². The van der Waals surface area contributed by atoms with Crippen molar-refractivity contribution in [1.29, 1.82) is 5.26 Å². The van der Waals surface area contributed by atoms with Crippen molar-refractivity contribution in [3.05, 3.63) is 77.6 Å². The second-order valence-electron chi connectivity index (χ2n) is 5.42. The van der Waals surface area contributed by atoms with Crippen LogP contribution in [0.2, 0.25) is 0 Å². The Kier molecular flexibility index (Phi) is 4.39. The number of aryl methyl sites for hydroxylation is 1. The summed E-state index contributed by atoms with van der Waals surface area (Å²) < 4.78 is 1.82. The van der Waals surface area contributed by atoms with E-state index in [9.17, 15) is 4.79 Å². The molecule has 0 spiro atoms. The molecule has 0 unspecified atom stereocenters. The van der Waals surface area contributed by atoms with Crippen molar-refractivity contribution in [2.75, 3.05) is 5.32 Å². The van der Waals surface area contributed by atoms with E-state index < -0.39 is 0 Å². The summed E-state index contributed by atoms with van der Waals surface area (Å²) in [6.45, 7) is 1.98. The highest BCUT2D eigenvalue weighted by Crippen LogP contribution is 2.14. The van der Waals surface area contributed by atoms with Crippen molar-refractivity contribution in [2.45, 2.75) is 13.3 Å². The minimum atomic E-state index is -0.174. The zero-order valence-electron chi connectivity index (χ0n) is 13.2. The van der Waals surface area contributed by atoms with Crippen molar-refractivity contribution in [2.24, 2.45) is 0 Å². The molecule has 2 aromatic carbocycles. The van der Waals surface area contributed by atoms with Crippen LogP contribution in [0.1, 0.15) is 21.6 Å². The Balaban J connectivity index is 1.71. The summed E-state index contributed by atoms with van der Waals surface area (Å²) in [5, 5.41) is 15.8. The summed E-state index contributed by atoms with van der Waals surface area (Å²) in [6.07, 6.45) is 2.11. The molecule has 1 heterocycles. The van der Waals surface area contributed by atoms with Crippen LogP contribution >= 0.6 is 0 Å². The summed E-state index contributed by atoms with van der Waals surface area (Å²) in [5.74, 6) is -0.174. The van der Waals surface area contributed by atoms with Crippen LogP contribution < -0.4 is 5.32 Å². The molecule has 1 amide bonds. The van der Waals surface area contributed by atoms with Crippen LogP contribution in [0.3, 0.4) is 0 Å². The maximum atomic E-state index is 12.3. The van der Waals surface area contributed by atoms with Gasteiger partial charge in [0.2, 0.25) is 0 Å². The van der Waals surface area contributed by atoms with E-state index in [1.165, 1.54) is 0 Å². The van der Waals surface area contributed by atoms with E-state index in [2.05, 4.69) is 16.5 Å². The third-order valence-electron chi connectivity index (χ3n) is 3.70. The van der Waals surface area contributed by atoms with Gasteiger partial charge in [-0.1, -0.05) is 12.1 Å². The van der Waals surface area contributed by atoms with Crippen LogP contribution in [0, 0.1) is 18.3 Å². The van der Waals surface area contributed by atoms with E-state index in [0.717, 1.165) is 16.9 Å². The van der Waals surface area contributed by atoms with E-state index in [1.54, 1.807) is 30.5 Å². The van der Waals surface area contributed by atoms with E-state index in [1.807, 2.05) is 41.9 Å². The molecule has 0 saturated carbocycles. The molecule has 5 heteroatoms. The summed E-state index contributed by atoms with van der Waals surface area (Å²) in [6, 6.07) is 18.6. The van der Waals surface area contributed by atoms with Gasteiger partial charge >= 0.3 is 0 Å². The molecule has 3 rings (SSSR count).